The fraction of sp³-hybridized carbons (Fsp3) is 0. The first kappa shape index (κ1) is 11.5. The summed E-state index contributed by atoms with van der Waals surface area (Å²) in [5.41, 5.74) is 2.31. The number of fused-ring (bicyclic) bond motifs is 1. The fourth-order valence-corrected chi connectivity index (χ4v) is 2.32. The molecule has 0 saturated carbocycles. The molecule has 0 aliphatic rings. The van der Waals surface area contributed by atoms with Crippen LogP contribution in [0.15, 0.2) is 48.8 Å². The first-order valence-electron chi connectivity index (χ1n) is 5.41. The minimum atomic E-state index is 0.585. The monoisotopic (exact) mass is 274 g/mol. The summed E-state index contributed by atoms with van der Waals surface area (Å²) in [6, 6.07) is 11.3. The highest BCUT2D eigenvalue weighted by molar-refractivity contribution is 6.36. The summed E-state index contributed by atoms with van der Waals surface area (Å²) in [7, 11) is 0. The van der Waals surface area contributed by atoms with Crippen LogP contribution >= 0.6 is 23.2 Å². The van der Waals surface area contributed by atoms with E-state index in [0.717, 1.165) is 16.5 Å². The van der Waals surface area contributed by atoms with Crippen LogP contribution in [0.25, 0.3) is 22.2 Å². The second-order valence-electron chi connectivity index (χ2n) is 3.87. The van der Waals surface area contributed by atoms with E-state index in [1.165, 1.54) is 0 Å². The molecular formula is C14H8Cl2N2. The van der Waals surface area contributed by atoms with E-state index in [1.807, 2.05) is 36.4 Å². The molecule has 1 aromatic carbocycles. The number of nitrogens with zero attached hydrogens (tertiary/aromatic N) is 2. The normalized spacial score (nSPS) is 10.8. The van der Waals surface area contributed by atoms with E-state index in [4.69, 9.17) is 23.2 Å². The maximum absolute atomic E-state index is 6.27. The third kappa shape index (κ3) is 1.94. The Hall–Kier alpha value is -1.64. The average molecular weight is 275 g/mol. The second-order valence-corrected chi connectivity index (χ2v) is 4.68. The number of hydrogen-bond acceptors (Lipinski definition) is 2. The van der Waals surface area contributed by atoms with Gasteiger partial charge in [-0.05, 0) is 18.2 Å². The predicted octanol–water partition coefficient (Wildman–Crippen LogP) is 4.60. The molecule has 0 spiro atoms. The number of rotatable bonds is 1. The Balaban J connectivity index is 2.30. The van der Waals surface area contributed by atoms with Gasteiger partial charge in [-0.3, -0.25) is 4.98 Å². The number of benzene rings is 1. The van der Waals surface area contributed by atoms with Crippen LogP contribution < -0.4 is 0 Å². The summed E-state index contributed by atoms with van der Waals surface area (Å²) < 4.78 is 0. The van der Waals surface area contributed by atoms with Gasteiger partial charge in [-0.25, -0.2) is 4.98 Å². The summed E-state index contributed by atoms with van der Waals surface area (Å²) >= 11 is 12.4. The molecule has 0 N–H and O–H groups in total. The first-order chi connectivity index (χ1) is 8.75. The van der Waals surface area contributed by atoms with Gasteiger partial charge in [0.1, 0.15) is 0 Å². The van der Waals surface area contributed by atoms with E-state index >= 15 is 0 Å². The third-order valence-corrected chi connectivity index (χ3v) is 3.32. The van der Waals surface area contributed by atoms with E-state index in [9.17, 15) is 0 Å². The maximum Gasteiger partial charge on any atom is 0.0911 e. The third-order valence-electron chi connectivity index (χ3n) is 2.70. The highest BCUT2D eigenvalue weighted by Crippen LogP contribution is 2.33. The standard InChI is InChI=1S/C14H8Cl2N2/c15-11-4-2-1-3-10(11)14-12(16)7-9-5-6-17-8-13(9)18-14/h1-8H. The van der Waals surface area contributed by atoms with Crippen LogP contribution in [0.1, 0.15) is 0 Å². The zero-order chi connectivity index (χ0) is 12.5. The van der Waals surface area contributed by atoms with Crippen molar-refractivity contribution in [2.45, 2.75) is 0 Å². The number of halogens is 2. The summed E-state index contributed by atoms with van der Waals surface area (Å²) in [5, 5.41) is 2.18. The largest absolute Gasteiger partial charge is 0.262 e. The Morgan fingerprint density at radius 2 is 1.78 bits per heavy atom. The molecule has 18 heavy (non-hydrogen) atoms. The fourth-order valence-electron chi connectivity index (χ4n) is 1.83. The molecule has 0 fully saturated rings. The lowest BCUT2D eigenvalue weighted by molar-refractivity contribution is 1.31. The Kier molecular flexibility index (Phi) is 2.90. The van der Waals surface area contributed by atoms with Crippen LogP contribution in [-0.4, -0.2) is 9.97 Å². The lowest BCUT2D eigenvalue weighted by Gasteiger charge is -2.07. The van der Waals surface area contributed by atoms with Gasteiger partial charge in [0.15, 0.2) is 0 Å². The van der Waals surface area contributed by atoms with Crippen molar-refractivity contribution in [2.75, 3.05) is 0 Å². The molecule has 2 aromatic heterocycles. The lowest BCUT2D eigenvalue weighted by atomic mass is 10.1. The molecule has 0 amide bonds. The number of aromatic nitrogens is 2. The van der Waals surface area contributed by atoms with Gasteiger partial charge in [0, 0.05) is 17.1 Å². The van der Waals surface area contributed by atoms with Crippen LogP contribution in [0.3, 0.4) is 0 Å². The first-order valence-corrected chi connectivity index (χ1v) is 6.16. The van der Waals surface area contributed by atoms with Gasteiger partial charge in [-0.1, -0.05) is 41.4 Å². The smallest absolute Gasteiger partial charge is 0.0911 e. The molecule has 0 bridgehead atoms. The van der Waals surface area contributed by atoms with E-state index in [-0.39, 0.29) is 0 Å². The minimum absolute atomic E-state index is 0.585. The van der Waals surface area contributed by atoms with E-state index < -0.39 is 0 Å². The van der Waals surface area contributed by atoms with Gasteiger partial charge >= 0.3 is 0 Å². The van der Waals surface area contributed by atoms with Crippen molar-refractivity contribution in [1.29, 1.82) is 0 Å². The van der Waals surface area contributed by atoms with Crippen LogP contribution in [0.5, 0.6) is 0 Å². The summed E-state index contributed by atoms with van der Waals surface area (Å²) in [6.07, 6.45) is 3.43. The minimum Gasteiger partial charge on any atom is -0.262 e. The van der Waals surface area contributed by atoms with E-state index in [1.54, 1.807) is 12.4 Å². The highest BCUT2D eigenvalue weighted by atomic mass is 35.5. The molecule has 0 saturated heterocycles. The summed E-state index contributed by atoms with van der Waals surface area (Å²) in [6.45, 7) is 0. The molecule has 0 unspecified atom stereocenters. The molecule has 3 rings (SSSR count). The molecule has 0 radical (unpaired) electrons. The van der Waals surface area contributed by atoms with Crippen LogP contribution in [0, 0.1) is 0 Å². The van der Waals surface area contributed by atoms with E-state index in [0.29, 0.717) is 15.7 Å². The Labute approximate surface area is 114 Å². The van der Waals surface area contributed by atoms with Gasteiger partial charge < -0.3 is 0 Å². The summed E-state index contributed by atoms with van der Waals surface area (Å²) in [4.78, 5) is 8.59. The van der Waals surface area contributed by atoms with Crippen LogP contribution in [0.4, 0.5) is 0 Å². The van der Waals surface area contributed by atoms with E-state index in [2.05, 4.69) is 9.97 Å². The molecule has 0 aliphatic carbocycles. The van der Waals surface area contributed by atoms with Crippen LogP contribution in [0.2, 0.25) is 10.0 Å². The maximum atomic E-state index is 6.27. The quantitative estimate of drug-likeness (QED) is 0.648. The molecule has 2 nitrogen and oxygen atoms in total. The highest BCUT2D eigenvalue weighted by Gasteiger charge is 2.10. The van der Waals surface area contributed by atoms with Crippen molar-refractivity contribution in [3.8, 4) is 11.3 Å². The zero-order valence-corrected chi connectivity index (χ0v) is 10.8. The van der Waals surface area contributed by atoms with Gasteiger partial charge in [0.2, 0.25) is 0 Å². The molecule has 0 atom stereocenters. The zero-order valence-electron chi connectivity index (χ0n) is 9.27. The lowest BCUT2D eigenvalue weighted by Crippen LogP contribution is -1.88. The van der Waals surface area contributed by atoms with Gasteiger partial charge in [-0.2, -0.15) is 0 Å². The second kappa shape index (κ2) is 4.56. The Morgan fingerprint density at radius 1 is 0.944 bits per heavy atom. The topological polar surface area (TPSA) is 25.8 Å². The van der Waals surface area contributed by atoms with Crippen LogP contribution in [-0.2, 0) is 0 Å². The molecule has 88 valence electrons. The molecule has 4 heteroatoms. The SMILES string of the molecule is Clc1ccccc1-c1nc2cnccc2cc1Cl. The van der Waals surface area contributed by atoms with Crippen molar-refractivity contribution in [2.24, 2.45) is 0 Å². The van der Waals surface area contributed by atoms with Gasteiger partial charge in [0.25, 0.3) is 0 Å². The average Bonchev–Trinajstić information content (AvgIpc) is 2.39. The van der Waals surface area contributed by atoms with Crippen molar-refractivity contribution >= 4 is 34.1 Å². The molecular weight excluding hydrogens is 267 g/mol. The van der Waals surface area contributed by atoms with Crippen molar-refractivity contribution in [1.82, 2.24) is 9.97 Å². The predicted molar refractivity (Wildman–Crippen MR) is 75.0 cm³/mol. The van der Waals surface area contributed by atoms with Gasteiger partial charge in [0.05, 0.1) is 27.5 Å². The van der Waals surface area contributed by atoms with Crippen molar-refractivity contribution in [3.05, 3.63) is 58.8 Å². The Bertz CT molecular complexity index is 726. The Morgan fingerprint density at radius 3 is 2.61 bits per heavy atom. The van der Waals surface area contributed by atoms with Gasteiger partial charge in [-0.15, -0.1) is 0 Å². The van der Waals surface area contributed by atoms with Crippen molar-refractivity contribution in [3.63, 3.8) is 0 Å². The molecule has 3 aromatic rings. The summed E-state index contributed by atoms with van der Waals surface area (Å²) in [5.74, 6) is 0. The molecule has 0 aliphatic heterocycles. The van der Waals surface area contributed by atoms with Crippen molar-refractivity contribution < 1.29 is 0 Å². The number of hydrogen-bond donors (Lipinski definition) is 0. The number of pyridine rings is 2. The molecule has 2 heterocycles.